The number of pyridine rings is 1. The Labute approximate surface area is 121 Å². The second kappa shape index (κ2) is 5.71. The molecule has 4 heteroatoms. The van der Waals surface area contributed by atoms with E-state index >= 15 is 0 Å². The summed E-state index contributed by atoms with van der Waals surface area (Å²) in [5.41, 5.74) is 1.45. The molecule has 104 valence electrons. The van der Waals surface area contributed by atoms with Crippen molar-refractivity contribution in [3.63, 3.8) is 0 Å². The topological polar surface area (TPSA) is 42.0 Å². The van der Waals surface area contributed by atoms with Gasteiger partial charge in [-0.25, -0.2) is 4.98 Å². The largest absolute Gasteiger partial charge is 0.324 e. The summed E-state index contributed by atoms with van der Waals surface area (Å²) in [6, 6.07) is 16.5. The van der Waals surface area contributed by atoms with Crippen molar-refractivity contribution in [3.05, 3.63) is 72.3 Å². The average molecular weight is 280 g/mol. The molecular weight excluding hydrogens is 267 g/mol. The van der Waals surface area contributed by atoms with Crippen molar-refractivity contribution < 1.29 is 9.18 Å². The second-order valence-electron chi connectivity index (χ2n) is 4.73. The normalized spacial score (nSPS) is 10.5. The van der Waals surface area contributed by atoms with Gasteiger partial charge in [0.2, 0.25) is 11.9 Å². The maximum atomic E-state index is 12.7. The first-order valence-electron chi connectivity index (χ1n) is 6.60. The minimum Gasteiger partial charge on any atom is -0.324 e. The number of aromatic nitrogens is 1. The zero-order chi connectivity index (χ0) is 14.7. The molecule has 3 nitrogen and oxygen atoms in total. The lowest BCUT2D eigenvalue weighted by molar-refractivity contribution is -0.115. The van der Waals surface area contributed by atoms with E-state index in [1.165, 1.54) is 18.3 Å². The van der Waals surface area contributed by atoms with E-state index in [2.05, 4.69) is 10.3 Å². The number of carbonyl (C=O) groups is 1. The first kappa shape index (κ1) is 13.2. The van der Waals surface area contributed by atoms with E-state index in [0.717, 1.165) is 16.3 Å². The van der Waals surface area contributed by atoms with Crippen LogP contribution in [0.2, 0.25) is 0 Å². The molecule has 0 spiro atoms. The molecule has 3 aromatic rings. The number of fused-ring (bicyclic) bond motifs is 1. The van der Waals surface area contributed by atoms with Crippen LogP contribution < -0.4 is 5.32 Å². The summed E-state index contributed by atoms with van der Waals surface area (Å²) in [4.78, 5) is 15.6. The molecule has 0 radical (unpaired) electrons. The SMILES string of the molecule is O=C(Cc1cccc2ccccc12)Nc1ccc(F)nc1. The van der Waals surface area contributed by atoms with E-state index in [1.807, 2.05) is 42.5 Å². The zero-order valence-electron chi connectivity index (χ0n) is 11.2. The summed E-state index contributed by atoms with van der Waals surface area (Å²) >= 11 is 0. The highest BCUT2D eigenvalue weighted by Gasteiger charge is 2.07. The van der Waals surface area contributed by atoms with Crippen LogP contribution in [0.15, 0.2) is 60.8 Å². The Kier molecular flexibility index (Phi) is 3.60. The van der Waals surface area contributed by atoms with Gasteiger partial charge < -0.3 is 5.32 Å². The number of rotatable bonds is 3. The van der Waals surface area contributed by atoms with E-state index < -0.39 is 5.95 Å². The molecular formula is C17H13FN2O. The molecule has 0 aliphatic carbocycles. The van der Waals surface area contributed by atoms with Crippen LogP contribution in [-0.2, 0) is 11.2 Å². The van der Waals surface area contributed by atoms with Crippen molar-refractivity contribution in [3.8, 4) is 0 Å². The second-order valence-corrected chi connectivity index (χ2v) is 4.73. The van der Waals surface area contributed by atoms with Crippen molar-refractivity contribution in [2.24, 2.45) is 0 Å². The number of halogens is 1. The number of benzene rings is 2. The van der Waals surface area contributed by atoms with Crippen LogP contribution in [0.5, 0.6) is 0 Å². The lowest BCUT2D eigenvalue weighted by Crippen LogP contribution is -2.14. The summed E-state index contributed by atoms with van der Waals surface area (Å²) in [5, 5.41) is 4.88. The van der Waals surface area contributed by atoms with Gasteiger partial charge in [0.1, 0.15) is 0 Å². The van der Waals surface area contributed by atoms with E-state index in [9.17, 15) is 9.18 Å². The Morgan fingerprint density at radius 1 is 1.05 bits per heavy atom. The Morgan fingerprint density at radius 3 is 2.67 bits per heavy atom. The Balaban J connectivity index is 1.79. The number of amides is 1. The van der Waals surface area contributed by atoms with Gasteiger partial charge >= 0.3 is 0 Å². The summed E-state index contributed by atoms with van der Waals surface area (Å²) < 4.78 is 12.7. The molecule has 1 amide bonds. The monoisotopic (exact) mass is 280 g/mol. The van der Waals surface area contributed by atoms with Gasteiger partial charge in [0.15, 0.2) is 0 Å². The predicted octanol–water partition coefficient (Wildman–Crippen LogP) is 3.56. The standard InChI is InChI=1S/C17H13FN2O/c18-16-9-8-14(11-19-16)20-17(21)10-13-6-3-5-12-4-1-2-7-15(12)13/h1-9,11H,10H2,(H,20,21). The lowest BCUT2D eigenvalue weighted by atomic mass is 10.0. The van der Waals surface area contributed by atoms with Crippen LogP contribution in [0.25, 0.3) is 10.8 Å². The molecule has 1 N–H and O–H groups in total. The summed E-state index contributed by atoms with van der Waals surface area (Å²) in [6.07, 6.45) is 1.56. The van der Waals surface area contributed by atoms with E-state index in [4.69, 9.17) is 0 Å². The molecule has 0 fully saturated rings. The summed E-state index contributed by atoms with van der Waals surface area (Å²) in [5.74, 6) is -0.721. The van der Waals surface area contributed by atoms with Crippen LogP contribution in [0.3, 0.4) is 0 Å². The van der Waals surface area contributed by atoms with Gasteiger partial charge in [-0.3, -0.25) is 4.79 Å². The fraction of sp³-hybridized carbons (Fsp3) is 0.0588. The third kappa shape index (κ3) is 3.05. The molecule has 0 unspecified atom stereocenters. The summed E-state index contributed by atoms with van der Waals surface area (Å²) in [6.45, 7) is 0. The average Bonchev–Trinajstić information content (AvgIpc) is 2.50. The van der Waals surface area contributed by atoms with Crippen molar-refractivity contribution in [1.82, 2.24) is 4.98 Å². The molecule has 0 aliphatic heterocycles. The Hall–Kier alpha value is -2.75. The third-order valence-corrected chi connectivity index (χ3v) is 3.24. The van der Waals surface area contributed by atoms with E-state index in [-0.39, 0.29) is 12.3 Å². The maximum absolute atomic E-state index is 12.7. The first-order chi connectivity index (χ1) is 10.2. The molecule has 0 bridgehead atoms. The molecule has 3 rings (SSSR count). The predicted molar refractivity (Wildman–Crippen MR) is 80.5 cm³/mol. The van der Waals surface area contributed by atoms with Crippen LogP contribution in [0, 0.1) is 5.95 Å². The first-order valence-corrected chi connectivity index (χ1v) is 6.60. The quantitative estimate of drug-likeness (QED) is 0.745. The van der Waals surface area contributed by atoms with Crippen molar-refractivity contribution in [2.75, 3.05) is 5.32 Å². The molecule has 0 aliphatic rings. The van der Waals surface area contributed by atoms with Gasteiger partial charge in [-0.15, -0.1) is 0 Å². The van der Waals surface area contributed by atoms with Gasteiger partial charge in [-0.05, 0) is 28.5 Å². The summed E-state index contributed by atoms with van der Waals surface area (Å²) in [7, 11) is 0. The van der Waals surface area contributed by atoms with Gasteiger partial charge in [0, 0.05) is 0 Å². The lowest BCUT2D eigenvalue weighted by Gasteiger charge is -2.07. The van der Waals surface area contributed by atoms with Crippen molar-refractivity contribution >= 4 is 22.4 Å². The Morgan fingerprint density at radius 2 is 1.86 bits per heavy atom. The van der Waals surface area contributed by atoms with Crippen LogP contribution in [-0.4, -0.2) is 10.9 Å². The minimum atomic E-state index is -0.568. The number of anilines is 1. The smallest absolute Gasteiger partial charge is 0.228 e. The minimum absolute atomic E-state index is 0.153. The molecule has 1 heterocycles. The van der Waals surface area contributed by atoms with Crippen molar-refractivity contribution in [2.45, 2.75) is 6.42 Å². The molecule has 0 atom stereocenters. The highest BCUT2D eigenvalue weighted by molar-refractivity contribution is 5.96. The molecule has 0 saturated carbocycles. The fourth-order valence-corrected chi connectivity index (χ4v) is 2.27. The van der Waals surface area contributed by atoms with Crippen molar-refractivity contribution in [1.29, 1.82) is 0 Å². The van der Waals surface area contributed by atoms with Gasteiger partial charge in [0.25, 0.3) is 0 Å². The molecule has 1 aromatic heterocycles. The molecule has 0 saturated heterocycles. The number of nitrogens with zero attached hydrogens (tertiary/aromatic N) is 1. The number of nitrogens with one attached hydrogen (secondary N) is 1. The number of hydrogen-bond donors (Lipinski definition) is 1. The fourth-order valence-electron chi connectivity index (χ4n) is 2.27. The molecule has 21 heavy (non-hydrogen) atoms. The maximum Gasteiger partial charge on any atom is 0.228 e. The number of hydrogen-bond acceptors (Lipinski definition) is 2. The van der Waals surface area contributed by atoms with Gasteiger partial charge in [-0.1, -0.05) is 42.5 Å². The van der Waals surface area contributed by atoms with E-state index in [0.29, 0.717) is 5.69 Å². The van der Waals surface area contributed by atoms with Gasteiger partial charge in [0.05, 0.1) is 18.3 Å². The van der Waals surface area contributed by atoms with E-state index in [1.54, 1.807) is 0 Å². The highest BCUT2D eigenvalue weighted by Crippen LogP contribution is 2.19. The van der Waals surface area contributed by atoms with Crippen LogP contribution >= 0.6 is 0 Å². The zero-order valence-corrected chi connectivity index (χ0v) is 11.2. The van der Waals surface area contributed by atoms with Gasteiger partial charge in [-0.2, -0.15) is 4.39 Å². The third-order valence-electron chi connectivity index (χ3n) is 3.24. The highest BCUT2D eigenvalue weighted by atomic mass is 19.1. The Bertz CT molecular complexity index is 779. The number of carbonyl (C=O) groups excluding carboxylic acids is 1. The molecule has 2 aromatic carbocycles. The van der Waals surface area contributed by atoms with Crippen LogP contribution in [0.1, 0.15) is 5.56 Å². The van der Waals surface area contributed by atoms with Crippen LogP contribution in [0.4, 0.5) is 10.1 Å².